The molecule has 0 rings (SSSR count). The largest absolute Gasteiger partial charge is 0.460 e. The van der Waals surface area contributed by atoms with Gasteiger partial charge >= 0.3 is 47.6 Å². The average molecular weight is 561 g/mol. The summed E-state index contributed by atoms with van der Waals surface area (Å²) in [5.41, 5.74) is -3.38. The first-order valence-electron chi connectivity index (χ1n) is 7.00. The summed E-state index contributed by atoms with van der Waals surface area (Å²) < 4.78 is 222. The van der Waals surface area contributed by atoms with Crippen LogP contribution in [-0.2, 0) is 0 Å². The number of halogens is 19. The molecule has 0 saturated carbocycles. The second-order valence-electron chi connectivity index (χ2n) is 6.25. The van der Waals surface area contributed by atoms with Gasteiger partial charge in [0.25, 0.3) is 6.69 Å². The van der Waals surface area contributed by atoms with Gasteiger partial charge in [0.05, 0.1) is 0 Å². The van der Waals surface area contributed by atoms with E-state index in [2.05, 4.69) is 0 Å². The molecule has 0 aromatic rings. The quantitative estimate of drug-likeness (QED) is 0.161. The summed E-state index contributed by atoms with van der Waals surface area (Å²) in [4.78, 5) is 0. The molecule has 0 nitrogen and oxygen atoms in total. The van der Waals surface area contributed by atoms with Crippen molar-refractivity contribution in [3.8, 4) is 0 Å². The Morgan fingerprint density at radius 1 is 0.484 bits per heavy atom. The summed E-state index contributed by atoms with van der Waals surface area (Å²) in [7, 11) is 0. The average Bonchev–Trinajstić information content (AvgIpc) is 2.50. The Labute approximate surface area is 171 Å². The summed E-state index contributed by atoms with van der Waals surface area (Å²) in [6, 6.07) is 0. The zero-order valence-electron chi connectivity index (χ0n) is 14.3. The minimum Gasteiger partial charge on any atom is -0.200 e. The molecule has 0 aromatic carbocycles. The predicted molar refractivity (Wildman–Crippen MR) is 73.4 cm³/mol. The monoisotopic (exact) mass is 560 g/mol. The highest BCUT2D eigenvalue weighted by molar-refractivity contribution is 7.45. The predicted octanol–water partition coefficient (Wildman–Crippen LogP) is 7.94. The van der Waals surface area contributed by atoms with Gasteiger partial charge < -0.3 is 0 Å². The summed E-state index contributed by atoms with van der Waals surface area (Å²) in [6.45, 7) is -4.55. The van der Waals surface area contributed by atoms with Crippen LogP contribution in [-0.4, -0.2) is 54.3 Å². The molecule has 0 radical (unpaired) electrons. The Bertz CT molecular complexity index is 662. The lowest BCUT2D eigenvalue weighted by atomic mass is 9.88. The molecule has 0 aromatic heterocycles. The molecule has 0 saturated heterocycles. The third-order valence-corrected chi connectivity index (χ3v) is 7.90. The van der Waals surface area contributed by atoms with E-state index in [4.69, 9.17) is 22.2 Å². The van der Waals surface area contributed by atoms with Crippen LogP contribution in [0.25, 0.3) is 0 Å². The topological polar surface area (TPSA) is 0 Å². The van der Waals surface area contributed by atoms with Crippen molar-refractivity contribution < 1.29 is 74.6 Å². The lowest BCUT2D eigenvalue weighted by molar-refractivity contribution is -0.461. The van der Waals surface area contributed by atoms with E-state index in [1.165, 1.54) is 0 Å². The summed E-state index contributed by atoms with van der Waals surface area (Å²) in [5, 5.41) is 0. The Kier molecular flexibility index (Phi) is 7.47. The summed E-state index contributed by atoms with van der Waals surface area (Å²) in [5.74, 6) is -56.6. The van der Waals surface area contributed by atoms with Crippen LogP contribution in [0.1, 0.15) is 6.92 Å². The molecule has 0 aliphatic rings. The van der Waals surface area contributed by atoms with Crippen molar-refractivity contribution in [2.24, 2.45) is 0 Å². The van der Waals surface area contributed by atoms with E-state index < -0.39 is 59.9 Å². The number of alkyl halides is 17. The smallest absolute Gasteiger partial charge is 0.200 e. The molecule has 1 atom stereocenters. The molecular weight excluding hydrogens is 554 g/mol. The molecule has 20 heteroatoms. The molecule has 0 aliphatic heterocycles. The molecule has 0 heterocycles. The van der Waals surface area contributed by atoms with Crippen molar-refractivity contribution in [1.29, 1.82) is 0 Å². The van der Waals surface area contributed by atoms with Gasteiger partial charge in [-0.15, -0.1) is 22.2 Å². The maximum atomic E-state index is 13.8. The standard InChI is InChI=1S/C11H7Cl2F17Si/c1-3(31(2,12)13)4(14,15)5(16,17)6(18,19)7(20,21)8(22,23)9(24,25)10(26,27)11(28,29)30/h3H,1-2H3. The van der Waals surface area contributed by atoms with Gasteiger partial charge in [0.1, 0.15) is 0 Å². The van der Waals surface area contributed by atoms with Crippen molar-refractivity contribution in [1.82, 2.24) is 0 Å². The van der Waals surface area contributed by atoms with Gasteiger partial charge in [-0.05, 0) is 6.55 Å². The number of hydrogen-bond donors (Lipinski definition) is 0. The first-order chi connectivity index (χ1) is 12.9. The van der Waals surface area contributed by atoms with E-state index in [9.17, 15) is 74.6 Å². The van der Waals surface area contributed by atoms with Crippen LogP contribution in [0, 0.1) is 0 Å². The Morgan fingerprint density at radius 2 is 0.710 bits per heavy atom. The fourth-order valence-electron chi connectivity index (χ4n) is 1.77. The third-order valence-electron chi connectivity index (χ3n) is 4.05. The van der Waals surface area contributed by atoms with E-state index >= 15 is 0 Å². The van der Waals surface area contributed by atoms with Crippen LogP contribution in [0.5, 0.6) is 0 Å². The van der Waals surface area contributed by atoms with Gasteiger partial charge in [0.2, 0.25) is 0 Å². The first kappa shape index (κ1) is 30.6. The third kappa shape index (κ3) is 4.05. The fourth-order valence-corrected chi connectivity index (χ4v) is 3.41. The van der Waals surface area contributed by atoms with Gasteiger partial charge in [-0.25, -0.2) is 0 Å². The van der Waals surface area contributed by atoms with Crippen molar-refractivity contribution in [3.63, 3.8) is 0 Å². The van der Waals surface area contributed by atoms with E-state index in [-0.39, 0.29) is 6.92 Å². The lowest BCUT2D eigenvalue weighted by Gasteiger charge is -2.44. The van der Waals surface area contributed by atoms with Crippen molar-refractivity contribution in [3.05, 3.63) is 0 Å². The minimum atomic E-state index is -8.64. The second kappa shape index (κ2) is 7.56. The second-order valence-corrected chi connectivity index (χ2v) is 14.3. The molecule has 0 spiro atoms. The van der Waals surface area contributed by atoms with Gasteiger partial charge in [-0.1, -0.05) is 6.92 Å². The van der Waals surface area contributed by atoms with E-state index in [0.29, 0.717) is 6.55 Å². The minimum absolute atomic E-state index is 0.140. The highest BCUT2D eigenvalue weighted by atomic mass is 35.7. The molecule has 0 fully saturated rings. The first-order valence-corrected chi connectivity index (χ1v) is 11.6. The van der Waals surface area contributed by atoms with Crippen LogP contribution in [0.3, 0.4) is 0 Å². The van der Waals surface area contributed by atoms with Crippen LogP contribution in [0.15, 0.2) is 0 Å². The zero-order chi connectivity index (χ0) is 26.1. The molecule has 0 N–H and O–H groups in total. The van der Waals surface area contributed by atoms with Crippen LogP contribution in [0.2, 0.25) is 12.1 Å². The van der Waals surface area contributed by atoms with E-state index in [1.54, 1.807) is 0 Å². The zero-order valence-corrected chi connectivity index (χ0v) is 16.8. The maximum Gasteiger partial charge on any atom is 0.460 e. The van der Waals surface area contributed by atoms with Gasteiger partial charge in [0.15, 0.2) is 0 Å². The Morgan fingerprint density at radius 3 is 0.935 bits per heavy atom. The molecular formula is C11H7Cl2F17Si. The molecule has 31 heavy (non-hydrogen) atoms. The van der Waals surface area contributed by atoms with E-state index in [1.807, 2.05) is 0 Å². The maximum absolute atomic E-state index is 13.8. The van der Waals surface area contributed by atoms with Crippen LogP contribution < -0.4 is 0 Å². The molecule has 1 unspecified atom stereocenters. The van der Waals surface area contributed by atoms with Gasteiger partial charge in [-0.2, -0.15) is 74.6 Å². The fraction of sp³-hybridized carbons (Fsp3) is 1.00. The van der Waals surface area contributed by atoms with Gasteiger partial charge in [0, 0.05) is 5.54 Å². The highest BCUT2D eigenvalue weighted by Gasteiger charge is 2.95. The van der Waals surface area contributed by atoms with E-state index in [0.717, 1.165) is 0 Å². The normalized spacial score (nSPS) is 17.7. The Balaban J connectivity index is 6.84. The van der Waals surface area contributed by atoms with Crippen LogP contribution >= 0.6 is 22.2 Å². The van der Waals surface area contributed by atoms with Crippen LogP contribution in [0.4, 0.5) is 74.6 Å². The summed E-state index contributed by atoms with van der Waals surface area (Å²) in [6.07, 6.45) is -7.78. The van der Waals surface area contributed by atoms with Crippen molar-refractivity contribution in [2.75, 3.05) is 0 Å². The lowest BCUT2D eigenvalue weighted by Crippen LogP contribution is -2.74. The number of hydrogen-bond acceptors (Lipinski definition) is 0. The van der Waals surface area contributed by atoms with Crippen molar-refractivity contribution in [2.45, 2.75) is 66.6 Å². The summed E-state index contributed by atoms with van der Waals surface area (Å²) >= 11 is 10.2. The molecule has 0 amide bonds. The number of rotatable bonds is 8. The molecule has 188 valence electrons. The highest BCUT2D eigenvalue weighted by Crippen LogP contribution is 2.65. The Hall–Kier alpha value is -0.393. The molecule has 0 aliphatic carbocycles. The van der Waals surface area contributed by atoms with Crippen molar-refractivity contribution >= 4 is 28.9 Å². The molecule has 0 bridgehead atoms. The van der Waals surface area contributed by atoms with Gasteiger partial charge in [-0.3, -0.25) is 0 Å². The SMILES string of the molecule is CC(C(F)(F)C(F)(F)C(F)(F)C(F)(F)C(F)(F)C(F)(F)C(F)(F)C(F)(F)F)[Si](C)(Cl)Cl.